The fourth-order valence-electron chi connectivity index (χ4n) is 1.61. The number of pyridine rings is 1. The van der Waals surface area contributed by atoms with Gasteiger partial charge in [0.2, 0.25) is 0 Å². The predicted octanol–water partition coefficient (Wildman–Crippen LogP) is 1.93. The van der Waals surface area contributed by atoms with Gasteiger partial charge in [0, 0.05) is 20.3 Å². The average molecular weight is 225 g/mol. The summed E-state index contributed by atoms with van der Waals surface area (Å²) in [6.07, 6.45) is 3.53. The van der Waals surface area contributed by atoms with Crippen molar-refractivity contribution in [2.75, 3.05) is 19.1 Å². The first-order valence-electron chi connectivity index (χ1n) is 4.75. The molecular weight excluding hydrogens is 212 g/mol. The van der Waals surface area contributed by atoms with E-state index in [9.17, 15) is 0 Å². The number of aromatic nitrogens is 3. The van der Waals surface area contributed by atoms with Crippen LogP contribution in [-0.2, 0) is 0 Å². The molecular formula is C10H13ClN4. The van der Waals surface area contributed by atoms with Crippen molar-refractivity contribution >= 4 is 22.6 Å². The third-order valence-corrected chi connectivity index (χ3v) is 2.41. The molecule has 1 unspecified atom stereocenters. The van der Waals surface area contributed by atoms with Crippen LogP contribution in [0.1, 0.15) is 18.1 Å². The van der Waals surface area contributed by atoms with Crippen molar-refractivity contribution in [2.45, 2.75) is 12.3 Å². The Bertz CT molecular complexity index is 475. The second-order valence-electron chi connectivity index (χ2n) is 3.61. The van der Waals surface area contributed by atoms with Gasteiger partial charge in [0.25, 0.3) is 0 Å². The summed E-state index contributed by atoms with van der Waals surface area (Å²) in [5, 5.41) is 1.82. The normalized spacial score (nSPS) is 13.1. The van der Waals surface area contributed by atoms with Crippen molar-refractivity contribution in [3.05, 3.63) is 24.3 Å². The zero-order valence-corrected chi connectivity index (χ0v) is 9.73. The summed E-state index contributed by atoms with van der Waals surface area (Å²) in [7, 11) is 3.91. The molecule has 0 aliphatic heterocycles. The lowest BCUT2D eigenvalue weighted by Crippen LogP contribution is -2.27. The van der Waals surface area contributed by atoms with E-state index < -0.39 is 0 Å². The highest BCUT2D eigenvalue weighted by atomic mass is 35.5. The van der Waals surface area contributed by atoms with Gasteiger partial charge < -0.3 is 5.01 Å². The van der Waals surface area contributed by atoms with E-state index >= 15 is 0 Å². The van der Waals surface area contributed by atoms with Gasteiger partial charge in [0.1, 0.15) is 11.3 Å². The second kappa shape index (κ2) is 3.70. The molecule has 0 aromatic carbocycles. The molecule has 2 heterocycles. The highest BCUT2D eigenvalue weighted by Gasteiger charge is 2.15. The molecule has 0 saturated carbocycles. The van der Waals surface area contributed by atoms with Crippen molar-refractivity contribution in [1.82, 2.24) is 14.6 Å². The van der Waals surface area contributed by atoms with Gasteiger partial charge in [-0.2, -0.15) is 0 Å². The third-order valence-electron chi connectivity index (χ3n) is 2.21. The van der Waals surface area contributed by atoms with E-state index in [1.165, 1.54) is 0 Å². The molecule has 0 saturated heterocycles. The average Bonchev–Trinajstić information content (AvgIpc) is 2.56. The van der Waals surface area contributed by atoms with E-state index in [1.807, 2.05) is 36.8 Å². The van der Waals surface area contributed by atoms with Crippen LogP contribution in [0.5, 0.6) is 0 Å². The van der Waals surface area contributed by atoms with Crippen LogP contribution in [0.4, 0.5) is 0 Å². The number of nitrogens with zero attached hydrogens (tertiary/aromatic N) is 4. The smallest absolute Gasteiger partial charge is 0.146 e. The van der Waals surface area contributed by atoms with Crippen molar-refractivity contribution in [3.63, 3.8) is 0 Å². The number of imidazole rings is 1. The third kappa shape index (κ3) is 1.65. The number of hydrogen-bond acceptors (Lipinski definition) is 3. The van der Waals surface area contributed by atoms with E-state index in [2.05, 4.69) is 9.97 Å². The monoisotopic (exact) mass is 224 g/mol. The van der Waals surface area contributed by atoms with E-state index in [1.54, 1.807) is 12.4 Å². The molecule has 2 rings (SSSR count). The molecule has 2 aromatic heterocycles. The van der Waals surface area contributed by atoms with Gasteiger partial charge in [0.05, 0.1) is 17.1 Å². The highest BCUT2D eigenvalue weighted by Crippen LogP contribution is 2.23. The van der Waals surface area contributed by atoms with E-state index in [0.717, 1.165) is 16.9 Å². The summed E-state index contributed by atoms with van der Waals surface area (Å²) in [6, 6.07) is 1.89. The fourth-order valence-corrected chi connectivity index (χ4v) is 1.75. The van der Waals surface area contributed by atoms with Gasteiger partial charge in [-0.25, -0.2) is 9.66 Å². The number of fused-ring (bicyclic) bond motifs is 1. The van der Waals surface area contributed by atoms with Crippen LogP contribution < -0.4 is 5.01 Å². The molecule has 2 aromatic rings. The maximum absolute atomic E-state index is 6.09. The summed E-state index contributed by atoms with van der Waals surface area (Å²) in [4.78, 5) is 8.58. The fraction of sp³-hybridized carbons (Fsp3) is 0.400. The maximum Gasteiger partial charge on any atom is 0.146 e. The van der Waals surface area contributed by atoms with E-state index in [0.29, 0.717) is 0 Å². The first kappa shape index (κ1) is 10.2. The largest absolute Gasteiger partial charge is 0.317 e. The van der Waals surface area contributed by atoms with Gasteiger partial charge in [-0.1, -0.05) is 0 Å². The van der Waals surface area contributed by atoms with Crippen LogP contribution in [0.15, 0.2) is 18.5 Å². The Morgan fingerprint density at radius 1 is 1.47 bits per heavy atom. The SMILES string of the molecule is CC(Cl)c1nc2ccncc2n1N(C)C. The summed E-state index contributed by atoms with van der Waals surface area (Å²) >= 11 is 6.09. The van der Waals surface area contributed by atoms with Gasteiger partial charge >= 0.3 is 0 Å². The lowest BCUT2D eigenvalue weighted by molar-refractivity contribution is 0.694. The second-order valence-corrected chi connectivity index (χ2v) is 4.26. The van der Waals surface area contributed by atoms with Gasteiger partial charge in [0.15, 0.2) is 0 Å². The topological polar surface area (TPSA) is 34.0 Å². The van der Waals surface area contributed by atoms with Crippen molar-refractivity contribution in [2.24, 2.45) is 0 Å². The Labute approximate surface area is 93.5 Å². The molecule has 0 aliphatic rings. The Morgan fingerprint density at radius 2 is 2.20 bits per heavy atom. The Hall–Kier alpha value is -1.29. The minimum atomic E-state index is -0.125. The van der Waals surface area contributed by atoms with Crippen molar-refractivity contribution in [1.29, 1.82) is 0 Å². The number of alkyl halides is 1. The predicted molar refractivity (Wildman–Crippen MR) is 61.9 cm³/mol. The zero-order chi connectivity index (χ0) is 11.0. The molecule has 80 valence electrons. The summed E-state index contributed by atoms with van der Waals surface area (Å²) in [5.74, 6) is 0.838. The summed E-state index contributed by atoms with van der Waals surface area (Å²) in [6.45, 7) is 1.91. The number of rotatable bonds is 2. The maximum atomic E-state index is 6.09. The molecule has 4 nitrogen and oxygen atoms in total. The summed E-state index contributed by atoms with van der Waals surface area (Å²) in [5.41, 5.74) is 1.89. The van der Waals surface area contributed by atoms with Gasteiger partial charge in [-0.3, -0.25) is 4.98 Å². The van der Waals surface area contributed by atoms with Crippen LogP contribution in [0.3, 0.4) is 0 Å². The van der Waals surface area contributed by atoms with Crippen molar-refractivity contribution < 1.29 is 0 Å². The molecule has 0 bridgehead atoms. The van der Waals surface area contributed by atoms with Crippen LogP contribution in [0.2, 0.25) is 0 Å². The molecule has 0 spiro atoms. The van der Waals surface area contributed by atoms with Gasteiger partial charge in [-0.15, -0.1) is 11.6 Å². The lowest BCUT2D eigenvalue weighted by atomic mass is 10.4. The Kier molecular flexibility index (Phi) is 2.52. The molecule has 0 aliphatic carbocycles. The number of halogens is 1. The molecule has 0 N–H and O–H groups in total. The molecule has 1 atom stereocenters. The quantitative estimate of drug-likeness (QED) is 0.731. The van der Waals surface area contributed by atoms with Crippen LogP contribution in [0.25, 0.3) is 11.0 Å². The van der Waals surface area contributed by atoms with E-state index in [4.69, 9.17) is 11.6 Å². The molecule has 0 amide bonds. The lowest BCUT2D eigenvalue weighted by Gasteiger charge is -2.18. The summed E-state index contributed by atoms with van der Waals surface area (Å²) < 4.78 is 1.97. The molecule has 0 fully saturated rings. The molecule has 0 radical (unpaired) electrons. The minimum absolute atomic E-state index is 0.125. The Balaban J connectivity index is 2.75. The standard InChI is InChI=1S/C10H13ClN4/c1-7(11)10-13-8-4-5-12-6-9(8)15(10)14(2)3/h4-7H,1-3H3. The van der Waals surface area contributed by atoms with Crippen LogP contribution in [-0.4, -0.2) is 28.7 Å². The van der Waals surface area contributed by atoms with Crippen molar-refractivity contribution in [3.8, 4) is 0 Å². The van der Waals surface area contributed by atoms with Crippen LogP contribution in [0, 0.1) is 0 Å². The minimum Gasteiger partial charge on any atom is -0.317 e. The first-order valence-corrected chi connectivity index (χ1v) is 5.19. The number of hydrogen-bond donors (Lipinski definition) is 0. The first-order chi connectivity index (χ1) is 7.11. The molecule has 15 heavy (non-hydrogen) atoms. The molecule has 5 heteroatoms. The van der Waals surface area contributed by atoms with Gasteiger partial charge in [-0.05, 0) is 13.0 Å². The van der Waals surface area contributed by atoms with Crippen LogP contribution >= 0.6 is 11.6 Å². The highest BCUT2D eigenvalue weighted by molar-refractivity contribution is 6.20. The zero-order valence-electron chi connectivity index (χ0n) is 8.98. The Morgan fingerprint density at radius 3 is 2.80 bits per heavy atom. The van der Waals surface area contributed by atoms with E-state index in [-0.39, 0.29) is 5.38 Å².